The van der Waals surface area contributed by atoms with Gasteiger partial charge in [-0.2, -0.15) is 5.10 Å². The van der Waals surface area contributed by atoms with Gasteiger partial charge in [0.1, 0.15) is 5.69 Å². The Bertz CT molecular complexity index is 833. The minimum atomic E-state index is -0.267. The zero-order valence-corrected chi connectivity index (χ0v) is 13.0. The van der Waals surface area contributed by atoms with Crippen molar-refractivity contribution < 1.29 is 4.79 Å². The SMILES string of the molecule is O=C(Nc1cc2n(n1)CCCC2)c1ccc(-c2cnccn2)cn1. The number of anilines is 1. The number of nitrogens with zero attached hydrogens (tertiary/aromatic N) is 5. The molecule has 0 spiro atoms. The number of amides is 1. The van der Waals surface area contributed by atoms with Crippen LogP contribution in [0.1, 0.15) is 29.0 Å². The average molecular weight is 320 g/mol. The predicted octanol–water partition coefficient (Wildman–Crippen LogP) is 2.32. The fourth-order valence-electron chi connectivity index (χ4n) is 2.79. The highest BCUT2D eigenvalue weighted by atomic mass is 16.1. The molecule has 0 aromatic carbocycles. The van der Waals surface area contributed by atoms with Crippen LogP contribution in [0.5, 0.6) is 0 Å². The Kier molecular flexibility index (Phi) is 3.74. The van der Waals surface area contributed by atoms with Crippen molar-refractivity contribution in [3.8, 4) is 11.3 Å². The summed E-state index contributed by atoms with van der Waals surface area (Å²) < 4.78 is 1.96. The molecular formula is C17H16N6O. The Balaban J connectivity index is 1.49. The van der Waals surface area contributed by atoms with E-state index in [0.29, 0.717) is 11.5 Å². The second-order valence-electron chi connectivity index (χ2n) is 5.68. The number of carbonyl (C=O) groups excluding carboxylic acids is 1. The van der Waals surface area contributed by atoms with Gasteiger partial charge >= 0.3 is 0 Å². The molecule has 0 saturated carbocycles. The van der Waals surface area contributed by atoms with Crippen LogP contribution >= 0.6 is 0 Å². The molecule has 1 aliphatic rings. The van der Waals surface area contributed by atoms with Crippen LogP contribution in [-0.4, -0.2) is 30.6 Å². The van der Waals surface area contributed by atoms with Crippen LogP contribution in [0, 0.1) is 0 Å². The lowest BCUT2D eigenvalue weighted by atomic mass is 10.1. The van der Waals surface area contributed by atoms with E-state index in [1.807, 2.05) is 16.8 Å². The number of rotatable bonds is 3. The molecule has 4 rings (SSSR count). The van der Waals surface area contributed by atoms with Crippen LogP contribution in [0.4, 0.5) is 5.82 Å². The summed E-state index contributed by atoms with van der Waals surface area (Å²) in [5.74, 6) is 0.313. The fraction of sp³-hybridized carbons (Fsp3) is 0.235. The molecule has 0 fully saturated rings. The van der Waals surface area contributed by atoms with Crippen LogP contribution in [0.15, 0.2) is 43.0 Å². The van der Waals surface area contributed by atoms with Crippen molar-refractivity contribution in [2.24, 2.45) is 0 Å². The molecule has 0 unspecified atom stereocenters. The Morgan fingerprint density at radius 1 is 1.12 bits per heavy atom. The van der Waals surface area contributed by atoms with Crippen LogP contribution in [0.3, 0.4) is 0 Å². The second-order valence-corrected chi connectivity index (χ2v) is 5.68. The van der Waals surface area contributed by atoms with Gasteiger partial charge in [0, 0.05) is 42.5 Å². The molecule has 1 aliphatic heterocycles. The van der Waals surface area contributed by atoms with Gasteiger partial charge in [-0.15, -0.1) is 0 Å². The molecule has 24 heavy (non-hydrogen) atoms. The lowest BCUT2D eigenvalue weighted by molar-refractivity contribution is 0.102. The quantitative estimate of drug-likeness (QED) is 0.800. The molecule has 0 aliphatic carbocycles. The number of aromatic nitrogens is 5. The highest BCUT2D eigenvalue weighted by Crippen LogP contribution is 2.19. The van der Waals surface area contributed by atoms with Crippen LogP contribution < -0.4 is 5.32 Å². The van der Waals surface area contributed by atoms with E-state index in [9.17, 15) is 4.79 Å². The Hall–Kier alpha value is -3.09. The lowest BCUT2D eigenvalue weighted by Gasteiger charge is -2.11. The number of pyridine rings is 1. The molecule has 7 nitrogen and oxygen atoms in total. The van der Waals surface area contributed by atoms with E-state index in [1.165, 1.54) is 12.1 Å². The smallest absolute Gasteiger partial charge is 0.275 e. The predicted molar refractivity (Wildman–Crippen MR) is 88.4 cm³/mol. The van der Waals surface area contributed by atoms with Crippen molar-refractivity contribution in [2.75, 3.05) is 5.32 Å². The Morgan fingerprint density at radius 3 is 2.83 bits per heavy atom. The monoisotopic (exact) mass is 320 g/mol. The third-order valence-corrected chi connectivity index (χ3v) is 4.01. The van der Waals surface area contributed by atoms with Gasteiger partial charge in [0.25, 0.3) is 5.91 Å². The third-order valence-electron chi connectivity index (χ3n) is 4.01. The summed E-state index contributed by atoms with van der Waals surface area (Å²) in [7, 11) is 0. The van der Waals surface area contributed by atoms with Crippen molar-refractivity contribution in [1.29, 1.82) is 0 Å². The van der Waals surface area contributed by atoms with E-state index in [2.05, 4.69) is 25.4 Å². The summed E-state index contributed by atoms with van der Waals surface area (Å²) in [5.41, 5.74) is 3.05. The molecule has 3 aromatic rings. The molecule has 1 amide bonds. The first-order chi connectivity index (χ1) is 11.8. The molecule has 0 radical (unpaired) electrons. The third kappa shape index (κ3) is 2.88. The summed E-state index contributed by atoms with van der Waals surface area (Å²) in [5, 5.41) is 7.23. The van der Waals surface area contributed by atoms with Crippen molar-refractivity contribution in [2.45, 2.75) is 25.8 Å². The standard InChI is InChI=1S/C17H16N6O/c24-17(21-16-9-13-3-1-2-8-23(13)22-16)14-5-4-12(10-20-14)15-11-18-6-7-19-15/h4-7,9-11H,1-3,8H2,(H,21,22,24). The van der Waals surface area contributed by atoms with E-state index in [1.54, 1.807) is 30.9 Å². The van der Waals surface area contributed by atoms with Gasteiger partial charge in [0.15, 0.2) is 5.82 Å². The Labute approximate surface area is 138 Å². The number of fused-ring (bicyclic) bond motifs is 1. The molecule has 0 atom stereocenters. The lowest BCUT2D eigenvalue weighted by Crippen LogP contribution is -2.14. The van der Waals surface area contributed by atoms with Gasteiger partial charge in [-0.3, -0.25) is 24.4 Å². The summed E-state index contributed by atoms with van der Waals surface area (Å²) in [4.78, 5) is 24.8. The molecular weight excluding hydrogens is 304 g/mol. The highest BCUT2D eigenvalue weighted by Gasteiger charge is 2.15. The maximum Gasteiger partial charge on any atom is 0.275 e. The largest absolute Gasteiger partial charge is 0.304 e. The molecule has 4 heterocycles. The molecule has 120 valence electrons. The first-order valence-electron chi connectivity index (χ1n) is 7.90. The number of aryl methyl sites for hydroxylation is 2. The second kappa shape index (κ2) is 6.19. The highest BCUT2D eigenvalue weighted by molar-refractivity contribution is 6.02. The number of hydrogen-bond acceptors (Lipinski definition) is 5. The maximum atomic E-state index is 12.3. The van der Waals surface area contributed by atoms with Crippen LogP contribution in [-0.2, 0) is 13.0 Å². The normalized spacial score (nSPS) is 13.3. The van der Waals surface area contributed by atoms with Crippen LogP contribution in [0.25, 0.3) is 11.3 Å². The van der Waals surface area contributed by atoms with Crippen molar-refractivity contribution in [3.63, 3.8) is 0 Å². The molecule has 1 N–H and O–H groups in total. The summed E-state index contributed by atoms with van der Waals surface area (Å²) in [6.07, 6.45) is 9.83. The molecule has 7 heteroatoms. The topological polar surface area (TPSA) is 85.6 Å². The van der Waals surface area contributed by atoms with E-state index < -0.39 is 0 Å². The first-order valence-corrected chi connectivity index (χ1v) is 7.90. The van der Waals surface area contributed by atoms with Gasteiger partial charge in [-0.1, -0.05) is 0 Å². The summed E-state index contributed by atoms with van der Waals surface area (Å²) in [6, 6.07) is 5.42. The molecule has 0 bridgehead atoms. The van der Waals surface area contributed by atoms with Crippen molar-refractivity contribution in [1.82, 2.24) is 24.7 Å². The van der Waals surface area contributed by atoms with Crippen molar-refractivity contribution in [3.05, 3.63) is 54.4 Å². The van der Waals surface area contributed by atoms with Gasteiger partial charge in [0.2, 0.25) is 0 Å². The van der Waals surface area contributed by atoms with Crippen LogP contribution in [0.2, 0.25) is 0 Å². The minimum Gasteiger partial charge on any atom is -0.304 e. The molecule has 0 saturated heterocycles. The van der Waals surface area contributed by atoms with E-state index in [-0.39, 0.29) is 5.91 Å². The maximum absolute atomic E-state index is 12.3. The van der Waals surface area contributed by atoms with Gasteiger partial charge in [0.05, 0.1) is 11.9 Å². The van der Waals surface area contributed by atoms with Crippen molar-refractivity contribution >= 4 is 11.7 Å². The van der Waals surface area contributed by atoms with E-state index >= 15 is 0 Å². The van der Waals surface area contributed by atoms with E-state index in [4.69, 9.17) is 0 Å². The van der Waals surface area contributed by atoms with Gasteiger partial charge in [-0.25, -0.2) is 0 Å². The van der Waals surface area contributed by atoms with Gasteiger partial charge in [-0.05, 0) is 31.4 Å². The zero-order valence-electron chi connectivity index (χ0n) is 13.0. The van der Waals surface area contributed by atoms with Gasteiger partial charge < -0.3 is 5.32 Å². The fourth-order valence-corrected chi connectivity index (χ4v) is 2.79. The number of hydrogen-bond donors (Lipinski definition) is 1. The minimum absolute atomic E-state index is 0.267. The number of carbonyl (C=O) groups is 1. The number of nitrogens with one attached hydrogen (secondary N) is 1. The zero-order chi connectivity index (χ0) is 16.4. The molecule has 3 aromatic heterocycles. The Morgan fingerprint density at radius 2 is 2.08 bits per heavy atom. The first kappa shape index (κ1) is 14.5. The van der Waals surface area contributed by atoms with E-state index in [0.717, 1.165) is 30.6 Å². The average Bonchev–Trinajstić information content (AvgIpc) is 3.05. The summed E-state index contributed by atoms with van der Waals surface area (Å²) >= 11 is 0. The summed E-state index contributed by atoms with van der Waals surface area (Å²) in [6.45, 7) is 0.913.